The van der Waals surface area contributed by atoms with Crippen molar-refractivity contribution >= 4 is 21.7 Å². The molecule has 1 aromatic heterocycles. The topological polar surface area (TPSA) is 112 Å². The van der Waals surface area contributed by atoms with E-state index in [0.29, 0.717) is 22.2 Å². The molecule has 1 unspecified atom stereocenters. The number of phenols is 1. The number of H-pyrrole nitrogens is 1. The maximum Gasteiger partial charge on any atom is 0.256 e. The molecule has 2 heterocycles. The minimum atomic E-state index is -0.858. The number of aromatic hydroxyl groups is 1. The molecule has 0 saturated heterocycles. The molecule has 6 heteroatoms. The van der Waals surface area contributed by atoms with Crippen molar-refractivity contribution in [3.8, 4) is 17.6 Å². The summed E-state index contributed by atoms with van der Waals surface area (Å²) in [6.45, 7) is 0. The Balaban J connectivity index is 1.95. The van der Waals surface area contributed by atoms with E-state index < -0.39 is 11.5 Å². The molecule has 6 nitrogen and oxygen atoms in total. The number of nitrogens with zero attached hydrogens (tertiary/aromatic N) is 1. The lowest BCUT2D eigenvalue weighted by Crippen LogP contribution is -2.28. The molecule has 1 aliphatic heterocycles. The average Bonchev–Trinajstić information content (AvgIpc) is 2.73. The van der Waals surface area contributed by atoms with Gasteiger partial charge in [0.1, 0.15) is 23.1 Å². The number of allylic oxidation sites excluding steroid dienone is 1. The molecule has 0 spiro atoms. The lowest BCUT2D eigenvalue weighted by molar-refractivity contribution is 0.395. The van der Waals surface area contributed by atoms with Crippen LogP contribution in [0.5, 0.6) is 11.5 Å². The fraction of sp³-hybridized carbons (Fsp3) is 0.0435. The third-order valence-corrected chi connectivity index (χ3v) is 5.32. The second kappa shape index (κ2) is 6.14. The molecule has 0 saturated carbocycles. The highest BCUT2D eigenvalue weighted by Gasteiger charge is 2.36. The van der Waals surface area contributed by atoms with Gasteiger partial charge in [-0.3, -0.25) is 4.79 Å². The van der Waals surface area contributed by atoms with Crippen LogP contribution < -0.4 is 16.0 Å². The molecule has 0 bridgehead atoms. The third-order valence-electron chi connectivity index (χ3n) is 5.32. The maximum absolute atomic E-state index is 13.1. The molecule has 0 aliphatic carbocycles. The monoisotopic (exact) mass is 381 g/mol. The summed E-state index contributed by atoms with van der Waals surface area (Å²) in [6.07, 6.45) is 0. The SMILES string of the molecule is N#CC1=C(N)Oc2c(c(=O)[nH]c3ccccc23)C1c1c(O)ccc2ccccc12. The number of phenolic OH excluding ortho intramolecular Hbond substituents is 1. The summed E-state index contributed by atoms with van der Waals surface area (Å²) in [6, 6.07) is 20.1. The molecule has 0 amide bonds. The highest BCUT2D eigenvalue weighted by atomic mass is 16.5. The molecule has 0 radical (unpaired) electrons. The van der Waals surface area contributed by atoms with Gasteiger partial charge in [-0.25, -0.2) is 0 Å². The van der Waals surface area contributed by atoms with Gasteiger partial charge in [-0.15, -0.1) is 0 Å². The summed E-state index contributed by atoms with van der Waals surface area (Å²) < 4.78 is 5.77. The first-order valence-electron chi connectivity index (χ1n) is 9.03. The van der Waals surface area contributed by atoms with Crippen LogP contribution in [0.1, 0.15) is 17.0 Å². The van der Waals surface area contributed by atoms with Gasteiger partial charge in [-0.2, -0.15) is 5.26 Å². The zero-order chi connectivity index (χ0) is 20.1. The van der Waals surface area contributed by atoms with E-state index in [-0.39, 0.29) is 22.8 Å². The van der Waals surface area contributed by atoms with Crippen LogP contribution in [-0.2, 0) is 0 Å². The van der Waals surface area contributed by atoms with Crippen LogP contribution in [0, 0.1) is 11.3 Å². The van der Waals surface area contributed by atoms with Crippen LogP contribution in [0.25, 0.3) is 21.7 Å². The van der Waals surface area contributed by atoms with Crippen LogP contribution in [0.2, 0.25) is 0 Å². The van der Waals surface area contributed by atoms with Gasteiger partial charge in [0.2, 0.25) is 5.88 Å². The van der Waals surface area contributed by atoms with E-state index in [2.05, 4.69) is 11.1 Å². The van der Waals surface area contributed by atoms with E-state index in [1.165, 1.54) is 0 Å². The number of nitrogens with one attached hydrogen (secondary N) is 1. The predicted molar refractivity (Wildman–Crippen MR) is 109 cm³/mol. The minimum absolute atomic E-state index is 0.0188. The van der Waals surface area contributed by atoms with Crippen LogP contribution >= 0.6 is 0 Å². The molecule has 5 rings (SSSR count). The second-order valence-electron chi connectivity index (χ2n) is 6.89. The fourth-order valence-corrected chi connectivity index (χ4v) is 4.05. The molecular weight excluding hydrogens is 366 g/mol. The largest absolute Gasteiger partial charge is 0.508 e. The number of pyridine rings is 1. The molecule has 1 aliphatic rings. The minimum Gasteiger partial charge on any atom is -0.508 e. The summed E-state index contributed by atoms with van der Waals surface area (Å²) in [7, 11) is 0. The Morgan fingerprint density at radius 1 is 1.00 bits per heavy atom. The first-order chi connectivity index (χ1) is 14.1. The Hall–Kier alpha value is -4.24. The molecule has 4 N–H and O–H groups in total. The average molecular weight is 381 g/mol. The summed E-state index contributed by atoms with van der Waals surface area (Å²) in [4.78, 5) is 15.9. The summed E-state index contributed by atoms with van der Waals surface area (Å²) >= 11 is 0. The van der Waals surface area contributed by atoms with Crippen molar-refractivity contribution in [3.05, 3.63) is 93.6 Å². The van der Waals surface area contributed by atoms with Crippen molar-refractivity contribution < 1.29 is 9.84 Å². The Labute approximate surface area is 165 Å². The van der Waals surface area contributed by atoms with Gasteiger partial charge in [0, 0.05) is 10.9 Å². The van der Waals surface area contributed by atoms with E-state index in [9.17, 15) is 15.2 Å². The van der Waals surface area contributed by atoms with Crippen LogP contribution in [-0.4, -0.2) is 10.1 Å². The van der Waals surface area contributed by atoms with Gasteiger partial charge >= 0.3 is 0 Å². The predicted octanol–water partition coefficient (Wildman–Crippen LogP) is 3.61. The van der Waals surface area contributed by atoms with Crippen LogP contribution in [0.15, 0.2) is 76.9 Å². The first kappa shape index (κ1) is 16.9. The zero-order valence-corrected chi connectivity index (χ0v) is 15.1. The number of aromatic nitrogens is 1. The standard InChI is InChI=1S/C23H15N3O3/c24-11-15-19(18-13-6-2-1-5-12(13)9-10-17(18)27)20-21(29-22(15)25)14-7-3-4-8-16(14)26-23(20)28/h1-10,19,27H,25H2,(H,26,28). The van der Waals surface area contributed by atoms with E-state index in [4.69, 9.17) is 10.5 Å². The van der Waals surface area contributed by atoms with E-state index in [1.807, 2.05) is 36.4 Å². The molecule has 1 atom stereocenters. The summed E-state index contributed by atoms with van der Waals surface area (Å²) in [5.74, 6) is -0.649. The number of nitrogens with two attached hydrogens (primary N) is 1. The molecule has 3 aromatic carbocycles. The maximum atomic E-state index is 13.1. The number of benzene rings is 3. The highest BCUT2D eigenvalue weighted by molar-refractivity contribution is 5.92. The lowest BCUT2D eigenvalue weighted by atomic mass is 9.81. The number of hydrogen-bond donors (Lipinski definition) is 3. The van der Waals surface area contributed by atoms with Gasteiger partial charge in [-0.05, 0) is 29.0 Å². The second-order valence-corrected chi connectivity index (χ2v) is 6.89. The van der Waals surface area contributed by atoms with Crippen molar-refractivity contribution in [1.29, 1.82) is 5.26 Å². The van der Waals surface area contributed by atoms with Gasteiger partial charge in [0.15, 0.2) is 0 Å². The lowest BCUT2D eigenvalue weighted by Gasteiger charge is -2.27. The number of hydrogen-bond acceptors (Lipinski definition) is 5. The number of nitriles is 1. The van der Waals surface area contributed by atoms with Crippen molar-refractivity contribution in [2.45, 2.75) is 5.92 Å². The van der Waals surface area contributed by atoms with E-state index in [1.54, 1.807) is 24.3 Å². The third kappa shape index (κ3) is 2.38. The number of para-hydroxylation sites is 1. The van der Waals surface area contributed by atoms with Gasteiger partial charge < -0.3 is 20.6 Å². The zero-order valence-electron chi connectivity index (χ0n) is 15.1. The Morgan fingerprint density at radius 2 is 1.72 bits per heavy atom. The Bertz CT molecular complexity index is 1440. The summed E-state index contributed by atoms with van der Waals surface area (Å²) in [5.41, 5.74) is 7.11. The number of rotatable bonds is 1. The Morgan fingerprint density at radius 3 is 2.52 bits per heavy atom. The normalized spacial score (nSPS) is 15.8. The van der Waals surface area contributed by atoms with Gasteiger partial charge in [0.05, 0.1) is 17.0 Å². The van der Waals surface area contributed by atoms with Gasteiger partial charge in [-0.1, -0.05) is 42.5 Å². The van der Waals surface area contributed by atoms with E-state index in [0.717, 1.165) is 10.8 Å². The highest BCUT2D eigenvalue weighted by Crippen LogP contribution is 2.47. The molecule has 0 fully saturated rings. The first-order valence-corrected chi connectivity index (χ1v) is 9.03. The van der Waals surface area contributed by atoms with Gasteiger partial charge in [0.25, 0.3) is 5.56 Å². The van der Waals surface area contributed by atoms with Crippen LogP contribution in [0.4, 0.5) is 0 Å². The quantitative estimate of drug-likeness (QED) is 0.466. The van der Waals surface area contributed by atoms with Crippen molar-refractivity contribution in [2.24, 2.45) is 5.73 Å². The molecule has 140 valence electrons. The molecule has 4 aromatic rings. The van der Waals surface area contributed by atoms with Crippen molar-refractivity contribution in [1.82, 2.24) is 4.98 Å². The van der Waals surface area contributed by atoms with Crippen molar-refractivity contribution in [2.75, 3.05) is 0 Å². The Kier molecular flexibility index (Phi) is 3.58. The van der Waals surface area contributed by atoms with E-state index >= 15 is 0 Å². The van der Waals surface area contributed by atoms with Crippen LogP contribution in [0.3, 0.4) is 0 Å². The number of ether oxygens (including phenoxy) is 1. The smallest absolute Gasteiger partial charge is 0.256 e. The van der Waals surface area contributed by atoms with Crippen molar-refractivity contribution in [3.63, 3.8) is 0 Å². The molecule has 29 heavy (non-hydrogen) atoms. The number of aromatic amines is 1. The summed E-state index contributed by atoms with van der Waals surface area (Å²) in [5, 5.41) is 22.9. The number of fused-ring (bicyclic) bond motifs is 4. The molecular formula is C23H15N3O3. The fourth-order valence-electron chi connectivity index (χ4n) is 4.05.